The second-order valence-corrected chi connectivity index (χ2v) is 5.31. The molecule has 6 nitrogen and oxygen atoms in total. The monoisotopic (exact) mass is 315 g/mol. The minimum absolute atomic E-state index is 0.169. The van der Waals surface area contributed by atoms with Crippen molar-refractivity contribution < 1.29 is 4.79 Å². The third-order valence-electron chi connectivity index (χ3n) is 3.72. The highest BCUT2D eigenvalue weighted by Crippen LogP contribution is 2.10. The van der Waals surface area contributed by atoms with E-state index in [-0.39, 0.29) is 6.03 Å². The van der Waals surface area contributed by atoms with E-state index in [0.29, 0.717) is 6.54 Å². The van der Waals surface area contributed by atoms with E-state index in [1.165, 1.54) is 0 Å². The molecule has 2 rings (SSSR count). The van der Waals surface area contributed by atoms with E-state index < -0.39 is 0 Å². The number of carbonyl (C=O) groups excluding carboxylic acids is 1. The first-order chi connectivity index (χ1) is 11.2. The van der Waals surface area contributed by atoms with Crippen LogP contribution in [-0.4, -0.2) is 46.9 Å². The van der Waals surface area contributed by atoms with Gasteiger partial charge in [0.15, 0.2) is 0 Å². The zero-order valence-corrected chi connectivity index (χ0v) is 13.8. The molecule has 6 heteroatoms. The second-order valence-electron chi connectivity index (χ2n) is 5.31. The Kier molecular flexibility index (Phi) is 6.62. The molecule has 0 bridgehead atoms. The third-order valence-corrected chi connectivity index (χ3v) is 3.72. The lowest BCUT2D eigenvalue weighted by molar-refractivity contribution is 0.248. The quantitative estimate of drug-likeness (QED) is 0.786. The van der Waals surface area contributed by atoms with E-state index in [0.717, 1.165) is 37.4 Å². The van der Waals surface area contributed by atoms with E-state index in [9.17, 15) is 4.79 Å². The van der Waals surface area contributed by atoms with Crippen LogP contribution in [-0.2, 0) is 6.54 Å². The highest BCUT2D eigenvalue weighted by atomic mass is 16.2. The van der Waals surface area contributed by atoms with Crippen LogP contribution < -0.4 is 10.6 Å². The maximum atomic E-state index is 11.9. The zero-order valence-electron chi connectivity index (χ0n) is 13.8. The number of hydrogen-bond donors (Lipinski definition) is 2. The molecule has 23 heavy (non-hydrogen) atoms. The molecule has 1 heterocycles. The molecule has 0 saturated heterocycles. The number of urea groups is 1. The fraction of sp³-hybridized carbons (Fsp3) is 0.412. The first-order valence-corrected chi connectivity index (χ1v) is 8.04. The lowest BCUT2D eigenvalue weighted by atomic mass is 10.2. The minimum atomic E-state index is -0.169. The van der Waals surface area contributed by atoms with Crippen LogP contribution in [0, 0.1) is 0 Å². The number of aromatic nitrogens is 2. The van der Waals surface area contributed by atoms with Gasteiger partial charge in [-0.3, -0.25) is 4.68 Å². The Labute approximate surface area is 137 Å². The number of amides is 2. The summed E-state index contributed by atoms with van der Waals surface area (Å²) in [5.74, 6) is 0. The van der Waals surface area contributed by atoms with Crippen LogP contribution in [0.4, 0.5) is 10.5 Å². The van der Waals surface area contributed by atoms with Gasteiger partial charge in [-0.15, -0.1) is 0 Å². The van der Waals surface area contributed by atoms with Crippen LogP contribution in [0.3, 0.4) is 0 Å². The summed E-state index contributed by atoms with van der Waals surface area (Å²) in [5, 5.41) is 9.90. The van der Waals surface area contributed by atoms with Crippen molar-refractivity contribution in [1.29, 1.82) is 0 Å². The molecule has 0 saturated carbocycles. The maximum Gasteiger partial charge on any atom is 0.319 e. The van der Waals surface area contributed by atoms with Crippen molar-refractivity contribution in [3.05, 3.63) is 48.3 Å². The Hall–Kier alpha value is -2.34. The summed E-state index contributed by atoms with van der Waals surface area (Å²) in [4.78, 5) is 14.1. The van der Waals surface area contributed by atoms with E-state index >= 15 is 0 Å². The van der Waals surface area contributed by atoms with Crippen LogP contribution in [0.5, 0.6) is 0 Å². The molecule has 2 amide bonds. The van der Waals surface area contributed by atoms with Crippen molar-refractivity contribution in [1.82, 2.24) is 20.0 Å². The van der Waals surface area contributed by atoms with Crippen molar-refractivity contribution in [3.63, 3.8) is 0 Å². The molecule has 2 aromatic rings. The highest BCUT2D eigenvalue weighted by molar-refractivity contribution is 5.89. The lowest BCUT2D eigenvalue weighted by Gasteiger charge is -2.18. The molecule has 1 aromatic carbocycles. The summed E-state index contributed by atoms with van der Waals surface area (Å²) in [7, 11) is 0. The molecule has 124 valence electrons. The number of nitrogens with zero attached hydrogens (tertiary/aromatic N) is 3. The summed E-state index contributed by atoms with van der Waals surface area (Å²) in [6.45, 7) is 8.47. The number of anilines is 1. The summed E-state index contributed by atoms with van der Waals surface area (Å²) < 4.78 is 1.86. The van der Waals surface area contributed by atoms with Gasteiger partial charge < -0.3 is 15.5 Å². The average molecular weight is 315 g/mol. The molecular weight excluding hydrogens is 290 g/mol. The fourth-order valence-corrected chi connectivity index (χ4v) is 2.32. The largest absolute Gasteiger partial charge is 0.337 e. The molecule has 2 N–H and O–H groups in total. The molecule has 0 aliphatic heterocycles. The molecule has 0 unspecified atom stereocenters. The number of benzene rings is 1. The van der Waals surface area contributed by atoms with Gasteiger partial charge in [0.05, 0.1) is 6.54 Å². The molecule has 0 atom stereocenters. The van der Waals surface area contributed by atoms with Crippen LogP contribution >= 0.6 is 0 Å². The molecule has 0 aliphatic rings. The van der Waals surface area contributed by atoms with E-state index in [1.807, 2.05) is 41.2 Å². The van der Waals surface area contributed by atoms with Crippen LogP contribution in [0.2, 0.25) is 0 Å². The number of rotatable bonds is 8. The minimum Gasteiger partial charge on any atom is -0.337 e. The molecule has 0 fully saturated rings. The van der Waals surface area contributed by atoms with E-state index in [2.05, 4.69) is 34.5 Å². The number of carbonyl (C=O) groups is 1. The van der Waals surface area contributed by atoms with Gasteiger partial charge in [0, 0.05) is 31.2 Å². The van der Waals surface area contributed by atoms with Crippen molar-refractivity contribution >= 4 is 11.7 Å². The molecule has 0 radical (unpaired) electrons. The van der Waals surface area contributed by atoms with Crippen molar-refractivity contribution in [2.75, 3.05) is 31.5 Å². The maximum absolute atomic E-state index is 11.9. The smallest absolute Gasteiger partial charge is 0.319 e. The van der Waals surface area contributed by atoms with Gasteiger partial charge in [0.1, 0.15) is 0 Å². The Balaban J connectivity index is 1.75. The molecule has 0 aliphatic carbocycles. The first kappa shape index (κ1) is 17.0. The summed E-state index contributed by atoms with van der Waals surface area (Å²) >= 11 is 0. The Bertz CT molecular complexity index is 576. The van der Waals surface area contributed by atoms with Gasteiger partial charge in [0.25, 0.3) is 0 Å². The van der Waals surface area contributed by atoms with Gasteiger partial charge >= 0.3 is 6.03 Å². The number of nitrogens with one attached hydrogen (secondary N) is 2. The fourth-order valence-electron chi connectivity index (χ4n) is 2.32. The molecular formula is C17H25N5O. The Morgan fingerprint density at radius 2 is 1.96 bits per heavy atom. The topological polar surface area (TPSA) is 62.2 Å². The van der Waals surface area contributed by atoms with Gasteiger partial charge in [-0.25, -0.2) is 4.79 Å². The molecule has 1 aromatic heterocycles. The van der Waals surface area contributed by atoms with Gasteiger partial charge in [0.2, 0.25) is 0 Å². The predicted molar refractivity (Wildman–Crippen MR) is 92.6 cm³/mol. The van der Waals surface area contributed by atoms with Crippen molar-refractivity contribution in [2.45, 2.75) is 20.4 Å². The molecule has 0 spiro atoms. The van der Waals surface area contributed by atoms with Gasteiger partial charge in [-0.05, 0) is 36.9 Å². The highest BCUT2D eigenvalue weighted by Gasteiger charge is 2.03. The van der Waals surface area contributed by atoms with Crippen molar-refractivity contribution in [2.24, 2.45) is 0 Å². The van der Waals surface area contributed by atoms with E-state index in [1.54, 1.807) is 6.20 Å². The standard InChI is InChI=1S/C17H25N5O/c1-3-21(4-2)13-11-18-17(23)20-16-8-6-15(7-9-16)14-22-12-5-10-19-22/h5-10,12H,3-4,11,13-14H2,1-2H3,(H2,18,20,23). The van der Waals surface area contributed by atoms with Crippen molar-refractivity contribution in [3.8, 4) is 0 Å². The number of likely N-dealkylation sites (N-methyl/N-ethyl adjacent to an activating group) is 1. The Morgan fingerprint density at radius 3 is 2.57 bits per heavy atom. The van der Waals surface area contributed by atoms with Gasteiger partial charge in [-0.1, -0.05) is 26.0 Å². The second kappa shape index (κ2) is 8.95. The lowest BCUT2D eigenvalue weighted by Crippen LogP contribution is -2.36. The van der Waals surface area contributed by atoms with E-state index in [4.69, 9.17) is 0 Å². The number of hydrogen-bond acceptors (Lipinski definition) is 3. The normalized spacial score (nSPS) is 10.7. The Morgan fingerprint density at radius 1 is 1.22 bits per heavy atom. The summed E-state index contributed by atoms with van der Waals surface area (Å²) in [6.07, 6.45) is 3.69. The predicted octanol–water partition coefficient (Wildman–Crippen LogP) is 2.39. The summed E-state index contributed by atoms with van der Waals surface area (Å²) in [6, 6.07) is 9.53. The van der Waals surface area contributed by atoms with Crippen LogP contribution in [0.1, 0.15) is 19.4 Å². The SMILES string of the molecule is CCN(CC)CCNC(=O)Nc1ccc(Cn2cccn2)cc1. The zero-order chi connectivity index (χ0) is 16.5. The van der Waals surface area contributed by atoms with Crippen LogP contribution in [0.15, 0.2) is 42.7 Å². The van der Waals surface area contributed by atoms with Crippen LogP contribution in [0.25, 0.3) is 0 Å². The average Bonchev–Trinajstić information content (AvgIpc) is 3.06. The first-order valence-electron chi connectivity index (χ1n) is 8.04. The third kappa shape index (κ3) is 5.75. The summed E-state index contributed by atoms with van der Waals surface area (Å²) in [5.41, 5.74) is 1.93. The van der Waals surface area contributed by atoms with Gasteiger partial charge in [-0.2, -0.15) is 5.10 Å².